The molecule has 0 aliphatic carbocycles. The van der Waals surface area contributed by atoms with E-state index in [2.05, 4.69) is 26.8 Å². The third-order valence-corrected chi connectivity index (χ3v) is 6.42. The highest BCUT2D eigenvalue weighted by Crippen LogP contribution is 2.39. The Morgan fingerprint density at radius 3 is 2.69 bits per heavy atom. The molecule has 2 aliphatic heterocycles. The Bertz CT molecular complexity index is 1250. The Labute approximate surface area is 190 Å². The predicted octanol–water partition coefficient (Wildman–Crippen LogP) is 3.67. The van der Waals surface area contributed by atoms with Crippen molar-refractivity contribution in [3.8, 4) is 11.1 Å². The lowest BCUT2D eigenvalue weighted by atomic mass is 9.92. The fraction of sp³-hybridized carbons (Fsp3) is 0.250. The highest BCUT2D eigenvalue weighted by molar-refractivity contribution is 6.34. The molecule has 3 heterocycles. The molecule has 1 N–H and O–H groups in total. The highest BCUT2D eigenvalue weighted by atomic mass is 35.5. The quantitative estimate of drug-likeness (QED) is 0.620. The van der Waals surface area contributed by atoms with Crippen molar-refractivity contribution >= 4 is 45.8 Å². The molecule has 0 atom stereocenters. The van der Waals surface area contributed by atoms with E-state index < -0.39 is 0 Å². The fourth-order valence-corrected chi connectivity index (χ4v) is 4.73. The van der Waals surface area contributed by atoms with Crippen LogP contribution in [-0.2, 0) is 16.0 Å². The van der Waals surface area contributed by atoms with Crippen LogP contribution in [0, 0.1) is 0 Å². The van der Waals surface area contributed by atoms with Gasteiger partial charge >= 0.3 is 0 Å². The number of benzene rings is 2. The first-order valence-electron chi connectivity index (χ1n) is 10.6. The lowest BCUT2D eigenvalue weighted by Gasteiger charge is -2.35. The van der Waals surface area contributed by atoms with Crippen molar-refractivity contribution in [3.63, 3.8) is 0 Å². The molecule has 1 fully saturated rings. The van der Waals surface area contributed by atoms with Crippen LogP contribution in [0.5, 0.6) is 0 Å². The van der Waals surface area contributed by atoms with Gasteiger partial charge in [-0.3, -0.25) is 9.59 Å². The molecule has 8 heteroatoms. The van der Waals surface area contributed by atoms with E-state index in [1.54, 1.807) is 11.2 Å². The first-order valence-corrected chi connectivity index (χ1v) is 11.0. The van der Waals surface area contributed by atoms with E-state index in [1.165, 1.54) is 6.08 Å². The molecule has 2 aliphatic rings. The van der Waals surface area contributed by atoms with Gasteiger partial charge in [0.2, 0.25) is 11.8 Å². The van der Waals surface area contributed by atoms with Crippen LogP contribution >= 0.6 is 11.6 Å². The van der Waals surface area contributed by atoms with Gasteiger partial charge in [-0.1, -0.05) is 30.3 Å². The standard InChI is InChI=1S/C24H22ClN5O2/c1-2-23(32)29-8-10-30(11-9-29)24-18-12-19(25)17(13-21(18)26-14-27-24)15-4-3-5-20-16(15)6-7-22(31)28-20/h2-5,12-14H,1,6-11H2,(H,28,31). The lowest BCUT2D eigenvalue weighted by molar-refractivity contribution is -0.126. The number of halogens is 1. The van der Waals surface area contributed by atoms with Gasteiger partial charge in [-0.15, -0.1) is 0 Å². The van der Waals surface area contributed by atoms with Crippen LogP contribution in [-0.4, -0.2) is 52.9 Å². The zero-order valence-corrected chi connectivity index (χ0v) is 18.2. The third kappa shape index (κ3) is 3.58. The molecule has 0 spiro atoms. The smallest absolute Gasteiger partial charge is 0.246 e. The molecular formula is C24H22ClN5O2. The van der Waals surface area contributed by atoms with Crippen LogP contribution in [0.2, 0.25) is 5.02 Å². The molecule has 0 radical (unpaired) electrons. The molecule has 7 nitrogen and oxygen atoms in total. The van der Waals surface area contributed by atoms with Crippen molar-refractivity contribution in [2.24, 2.45) is 0 Å². The van der Waals surface area contributed by atoms with E-state index in [1.807, 2.05) is 30.3 Å². The average Bonchev–Trinajstić information content (AvgIpc) is 2.82. The first kappa shape index (κ1) is 20.5. The number of fused-ring (bicyclic) bond motifs is 2. The second kappa shape index (κ2) is 8.24. The van der Waals surface area contributed by atoms with E-state index in [9.17, 15) is 9.59 Å². The van der Waals surface area contributed by atoms with Crippen LogP contribution < -0.4 is 10.2 Å². The summed E-state index contributed by atoms with van der Waals surface area (Å²) in [5.41, 5.74) is 4.62. The van der Waals surface area contributed by atoms with Crippen molar-refractivity contribution in [3.05, 3.63) is 59.9 Å². The summed E-state index contributed by atoms with van der Waals surface area (Å²) in [7, 11) is 0. The number of hydrogen-bond acceptors (Lipinski definition) is 5. The lowest BCUT2D eigenvalue weighted by Crippen LogP contribution is -2.48. The minimum atomic E-state index is -0.0488. The predicted molar refractivity (Wildman–Crippen MR) is 126 cm³/mol. The van der Waals surface area contributed by atoms with E-state index in [0.29, 0.717) is 44.0 Å². The molecule has 3 aromatic rings. The van der Waals surface area contributed by atoms with Gasteiger partial charge in [0, 0.05) is 54.3 Å². The van der Waals surface area contributed by atoms with Crippen molar-refractivity contribution in [2.45, 2.75) is 12.8 Å². The Morgan fingerprint density at radius 2 is 1.91 bits per heavy atom. The van der Waals surface area contributed by atoms with Crippen molar-refractivity contribution in [1.29, 1.82) is 0 Å². The maximum Gasteiger partial charge on any atom is 0.246 e. The summed E-state index contributed by atoms with van der Waals surface area (Å²) in [5.74, 6) is 0.801. The summed E-state index contributed by atoms with van der Waals surface area (Å²) >= 11 is 6.78. The Morgan fingerprint density at radius 1 is 1.09 bits per heavy atom. The molecule has 1 aromatic heterocycles. The molecule has 0 saturated carbocycles. The zero-order valence-electron chi connectivity index (χ0n) is 17.5. The number of nitrogens with zero attached hydrogens (tertiary/aromatic N) is 4. The molecular weight excluding hydrogens is 426 g/mol. The molecule has 0 unspecified atom stereocenters. The normalized spacial score (nSPS) is 16.0. The number of carbonyl (C=O) groups is 2. The van der Waals surface area contributed by atoms with Crippen molar-refractivity contribution in [2.75, 3.05) is 36.4 Å². The average molecular weight is 448 g/mol. The van der Waals surface area contributed by atoms with Gasteiger partial charge in [0.15, 0.2) is 0 Å². The number of amides is 2. The number of rotatable bonds is 3. The third-order valence-electron chi connectivity index (χ3n) is 6.11. The van der Waals surface area contributed by atoms with Crippen LogP contribution in [0.1, 0.15) is 12.0 Å². The minimum absolute atomic E-state index is 0.0338. The van der Waals surface area contributed by atoms with Gasteiger partial charge in [-0.05, 0) is 41.8 Å². The number of anilines is 2. The first-order chi connectivity index (χ1) is 15.5. The van der Waals surface area contributed by atoms with Gasteiger partial charge < -0.3 is 15.1 Å². The molecule has 32 heavy (non-hydrogen) atoms. The van der Waals surface area contributed by atoms with Crippen molar-refractivity contribution in [1.82, 2.24) is 14.9 Å². The number of hydrogen-bond donors (Lipinski definition) is 1. The molecule has 5 rings (SSSR count). The summed E-state index contributed by atoms with van der Waals surface area (Å²) in [5, 5.41) is 4.43. The van der Waals surface area contributed by atoms with Gasteiger partial charge in [0.25, 0.3) is 0 Å². The van der Waals surface area contributed by atoms with Crippen LogP contribution in [0.15, 0.2) is 49.3 Å². The molecule has 1 saturated heterocycles. The van der Waals surface area contributed by atoms with E-state index in [4.69, 9.17) is 11.6 Å². The summed E-state index contributed by atoms with van der Waals surface area (Å²) in [4.78, 5) is 36.7. The van der Waals surface area contributed by atoms with Gasteiger partial charge in [0.05, 0.1) is 5.52 Å². The summed E-state index contributed by atoms with van der Waals surface area (Å²) in [6, 6.07) is 9.79. The van der Waals surface area contributed by atoms with Crippen LogP contribution in [0.3, 0.4) is 0 Å². The fourth-order valence-electron chi connectivity index (χ4n) is 4.47. The maximum absolute atomic E-state index is 11.9. The van der Waals surface area contributed by atoms with Gasteiger partial charge in [-0.25, -0.2) is 9.97 Å². The van der Waals surface area contributed by atoms with Gasteiger partial charge in [0.1, 0.15) is 12.1 Å². The molecule has 0 bridgehead atoms. The van der Waals surface area contributed by atoms with Gasteiger partial charge in [-0.2, -0.15) is 0 Å². The van der Waals surface area contributed by atoms with Crippen LogP contribution in [0.25, 0.3) is 22.0 Å². The number of aromatic nitrogens is 2. The number of carbonyl (C=O) groups excluding carboxylic acids is 2. The largest absolute Gasteiger partial charge is 0.352 e. The molecule has 2 aromatic carbocycles. The monoisotopic (exact) mass is 447 g/mol. The minimum Gasteiger partial charge on any atom is -0.352 e. The highest BCUT2D eigenvalue weighted by Gasteiger charge is 2.24. The van der Waals surface area contributed by atoms with E-state index in [-0.39, 0.29) is 11.8 Å². The Balaban J connectivity index is 1.52. The van der Waals surface area contributed by atoms with Crippen LogP contribution in [0.4, 0.5) is 11.5 Å². The maximum atomic E-state index is 11.9. The summed E-state index contributed by atoms with van der Waals surface area (Å²) in [6.07, 6.45) is 4.05. The SMILES string of the molecule is C=CC(=O)N1CCN(c2ncnc3cc(-c4cccc5c4CCC(=O)N5)c(Cl)cc23)CC1. The van der Waals surface area contributed by atoms with E-state index >= 15 is 0 Å². The number of piperazine rings is 1. The van der Waals surface area contributed by atoms with Crippen molar-refractivity contribution < 1.29 is 9.59 Å². The summed E-state index contributed by atoms with van der Waals surface area (Å²) in [6.45, 7) is 6.15. The molecule has 162 valence electrons. The molecule has 2 amide bonds. The number of nitrogens with one attached hydrogen (secondary N) is 1. The second-order valence-corrected chi connectivity index (χ2v) is 8.35. The second-order valence-electron chi connectivity index (χ2n) is 7.94. The summed E-state index contributed by atoms with van der Waals surface area (Å²) < 4.78 is 0. The van der Waals surface area contributed by atoms with E-state index in [0.717, 1.165) is 39.1 Å². The topological polar surface area (TPSA) is 78.4 Å². The Kier molecular flexibility index (Phi) is 5.27. The Hall–Kier alpha value is -3.45. The zero-order chi connectivity index (χ0) is 22.2.